The minimum atomic E-state index is -0.268. The fourth-order valence-electron chi connectivity index (χ4n) is 2.38. The molecule has 0 aliphatic heterocycles. The molecule has 0 unspecified atom stereocenters. The Bertz CT molecular complexity index is 972. The lowest BCUT2D eigenvalue weighted by molar-refractivity contribution is 0.0946. The smallest absolute Gasteiger partial charge is 0.272 e. The fraction of sp³-hybridized carbons (Fsp3) is 0.0588. The van der Waals surface area contributed by atoms with Crippen molar-refractivity contribution in [2.45, 2.75) is 6.54 Å². The lowest BCUT2D eigenvalue weighted by Gasteiger charge is -2.06. The Morgan fingerprint density at radius 2 is 2.24 bits per heavy atom. The Kier molecular flexibility index (Phi) is 3.83. The lowest BCUT2D eigenvalue weighted by atomic mass is 10.2. The molecule has 2 N–H and O–H groups in total. The molecule has 4 rings (SSSR count). The van der Waals surface area contributed by atoms with Gasteiger partial charge in [-0.05, 0) is 29.8 Å². The van der Waals surface area contributed by atoms with Crippen LogP contribution in [0.25, 0.3) is 17.3 Å². The van der Waals surface area contributed by atoms with Crippen LogP contribution in [0.2, 0.25) is 0 Å². The molecule has 4 heterocycles. The Morgan fingerprint density at radius 3 is 3.04 bits per heavy atom. The molecule has 0 fully saturated rings. The summed E-state index contributed by atoms with van der Waals surface area (Å²) in [7, 11) is 0. The number of amides is 1. The zero-order valence-corrected chi connectivity index (χ0v) is 13.1. The van der Waals surface area contributed by atoms with Gasteiger partial charge in [-0.2, -0.15) is 5.10 Å². The fourth-order valence-corrected chi connectivity index (χ4v) is 2.38. The zero-order valence-electron chi connectivity index (χ0n) is 13.1. The monoisotopic (exact) mass is 334 g/mol. The summed E-state index contributed by atoms with van der Waals surface area (Å²) in [6, 6.07) is 8.96. The summed E-state index contributed by atoms with van der Waals surface area (Å²) in [6.07, 6.45) is 8.43. The second kappa shape index (κ2) is 6.44. The molecule has 0 atom stereocenters. The Morgan fingerprint density at radius 1 is 1.28 bits per heavy atom. The predicted molar refractivity (Wildman–Crippen MR) is 88.8 cm³/mol. The highest BCUT2D eigenvalue weighted by atomic mass is 16.3. The van der Waals surface area contributed by atoms with E-state index in [2.05, 4.69) is 25.5 Å². The summed E-state index contributed by atoms with van der Waals surface area (Å²) in [6.45, 7) is 0.367. The molecule has 8 nitrogen and oxygen atoms in total. The average molecular weight is 334 g/mol. The number of aromatic nitrogens is 5. The van der Waals surface area contributed by atoms with Crippen LogP contribution in [0.5, 0.6) is 0 Å². The number of hydrogen-bond acceptors (Lipinski definition) is 5. The molecule has 0 saturated carbocycles. The van der Waals surface area contributed by atoms with Gasteiger partial charge in [-0.15, -0.1) is 0 Å². The number of aromatic amines is 1. The van der Waals surface area contributed by atoms with Gasteiger partial charge in [-0.3, -0.25) is 14.5 Å². The van der Waals surface area contributed by atoms with Crippen molar-refractivity contribution < 1.29 is 9.21 Å². The second-order valence-electron chi connectivity index (χ2n) is 5.32. The minimum absolute atomic E-state index is 0.268. The molecule has 0 aromatic carbocycles. The van der Waals surface area contributed by atoms with Gasteiger partial charge in [-0.25, -0.2) is 9.97 Å². The van der Waals surface area contributed by atoms with Gasteiger partial charge in [0.15, 0.2) is 11.5 Å². The van der Waals surface area contributed by atoms with E-state index in [-0.39, 0.29) is 5.91 Å². The van der Waals surface area contributed by atoms with Crippen molar-refractivity contribution in [3.05, 3.63) is 72.8 Å². The number of carbonyl (C=O) groups is 1. The van der Waals surface area contributed by atoms with Crippen LogP contribution in [0.3, 0.4) is 0 Å². The highest BCUT2D eigenvalue weighted by molar-refractivity contribution is 5.93. The quantitative estimate of drug-likeness (QED) is 0.582. The highest BCUT2D eigenvalue weighted by Gasteiger charge is 2.12. The minimum Gasteiger partial charge on any atom is -0.463 e. The van der Waals surface area contributed by atoms with E-state index in [9.17, 15) is 4.79 Å². The molecule has 0 aliphatic rings. The number of nitrogens with zero attached hydrogens (tertiary/aromatic N) is 4. The molecule has 124 valence electrons. The van der Waals surface area contributed by atoms with Gasteiger partial charge in [0.05, 0.1) is 6.26 Å². The molecule has 0 spiro atoms. The molecule has 25 heavy (non-hydrogen) atoms. The summed E-state index contributed by atoms with van der Waals surface area (Å²) in [5, 5.41) is 9.65. The van der Waals surface area contributed by atoms with Gasteiger partial charge in [-0.1, -0.05) is 0 Å². The Labute approximate surface area is 142 Å². The van der Waals surface area contributed by atoms with Crippen molar-refractivity contribution in [1.29, 1.82) is 0 Å². The zero-order chi connectivity index (χ0) is 17.1. The first-order chi connectivity index (χ1) is 12.3. The first-order valence-electron chi connectivity index (χ1n) is 7.60. The van der Waals surface area contributed by atoms with E-state index in [4.69, 9.17) is 4.42 Å². The number of nitrogens with one attached hydrogen (secondary N) is 2. The molecular weight excluding hydrogens is 320 g/mol. The lowest BCUT2D eigenvalue weighted by Crippen LogP contribution is -2.23. The van der Waals surface area contributed by atoms with Gasteiger partial charge in [0, 0.05) is 31.2 Å². The maximum absolute atomic E-state index is 12.3. The Balaban J connectivity index is 1.43. The van der Waals surface area contributed by atoms with E-state index in [1.807, 2.05) is 18.3 Å². The standard InChI is InChI=1S/C17H14N6O2/c24-17(14-9-13(21-22-14)15-2-1-7-25-15)20-10-12-3-4-19-16(8-12)23-6-5-18-11-23/h1-9,11H,10H2,(H,20,24)(H,21,22). The third-order valence-corrected chi connectivity index (χ3v) is 3.63. The highest BCUT2D eigenvalue weighted by Crippen LogP contribution is 2.17. The van der Waals surface area contributed by atoms with Crippen LogP contribution in [-0.2, 0) is 6.54 Å². The first kappa shape index (κ1) is 14.9. The van der Waals surface area contributed by atoms with E-state index >= 15 is 0 Å². The van der Waals surface area contributed by atoms with Gasteiger partial charge in [0.1, 0.15) is 17.8 Å². The van der Waals surface area contributed by atoms with Crippen LogP contribution in [0.4, 0.5) is 0 Å². The van der Waals surface area contributed by atoms with Gasteiger partial charge in [0.2, 0.25) is 0 Å². The molecular formula is C17H14N6O2. The normalized spacial score (nSPS) is 10.7. The van der Waals surface area contributed by atoms with Crippen molar-refractivity contribution in [1.82, 2.24) is 30.0 Å². The van der Waals surface area contributed by atoms with Crippen LogP contribution >= 0.6 is 0 Å². The van der Waals surface area contributed by atoms with Crippen LogP contribution in [0.15, 0.2) is 65.9 Å². The largest absolute Gasteiger partial charge is 0.463 e. The van der Waals surface area contributed by atoms with E-state index < -0.39 is 0 Å². The molecule has 4 aromatic rings. The molecule has 0 saturated heterocycles. The summed E-state index contributed by atoms with van der Waals surface area (Å²) in [5.74, 6) is 1.10. The number of furan rings is 1. The Hall–Kier alpha value is -3.68. The number of rotatable bonds is 5. The molecule has 0 radical (unpaired) electrons. The summed E-state index contributed by atoms with van der Waals surface area (Å²) >= 11 is 0. The van der Waals surface area contributed by atoms with Crippen LogP contribution in [-0.4, -0.2) is 30.6 Å². The van der Waals surface area contributed by atoms with Crippen molar-refractivity contribution in [3.8, 4) is 17.3 Å². The van der Waals surface area contributed by atoms with Gasteiger partial charge in [0.25, 0.3) is 5.91 Å². The maximum atomic E-state index is 12.3. The van der Waals surface area contributed by atoms with Crippen LogP contribution in [0.1, 0.15) is 16.1 Å². The molecule has 0 aliphatic carbocycles. The van der Waals surface area contributed by atoms with Gasteiger partial charge < -0.3 is 9.73 Å². The number of imidazole rings is 1. The van der Waals surface area contributed by atoms with E-state index in [1.54, 1.807) is 47.8 Å². The van der Waals surface area contributed by atoms with Crippen molar-refractivity contribution >= 4 is 5.91 Å². The van der Waals surface area contributed by atoms with E-state index in [1.165, 1.54) is 0 Å². The molecule has 1 amide bonds. The van der Waals surface area contributed by atoms with E-state index in [0.717, 1.165) is 11.4 Å². The number of hydrogen-bond donors (Lipinski definition) is 2. The topological polar surface area (TPSA) is 102 Å². The van der Waals surface area contributed by atoms with Crippen molar-refractivity contribution in [3.63, 3.8) is 0 Å². The number of pyridine rings is 1. The first-order valence-corrected chi connectivity index (χ1v) is 7.60. The third-order valence-electron chi connectivity index (χ3n) is 3.63. The van der Waals surface area contributed by atoms with Crippen molar-refractivity contribution in [2.75, 3.05) is 0 Å². The summed E-state index contributed by atoms with van der Waals surface area (Å²) < 4.78 is 7.07. The summed E-state index contributed by atoms with van der Waals surface area (Å²) in [5.41, 5.74) is 1.88. The van der Waals surface area contributed by atoms with Gasteiger partial charge >= 0.3 is 0 Å². The summed E-state index contributed by atoms with van der Waals surface area (Å²) in [4.78, 5) is 20.5. The predicted octanol–water partition coefficient (Wildman–Crippen LogP) is 2.18. The molecule has 0 bridgehead atoms. The van der Waals surface area contributed by atoms with E-state index in [0.29, 0.717) is 23.7 Å². The third kappa shape index (κ3) is 3.18. The SMILES string of the molecule is O=C(NCc1ccnc(-n2ccnc2)c1)c1cc(-c2ccco2)[nH]n1. The van der Waals surface area contributed by atoms with Crippen LogP contribution in [0, 0.1) is 0 Å². The average Bonchev–Trinajstić information content (AvgIpc) is 3.41. The maximum Gasteiger partial charge on any atom is 0.272 e. The number of H-pyrrole nitrogens is 1. The van der Waals surface area contributed by atoms with Crippen LogP contribution < -0.4 is 5.32 Å². The molecule has 8 heteroatoms. The second-order valence-corrected chi connectivity index (χ2v) is 5.32. The van der Waals surface area contributed by atoms with Crippen molar-refractivity contribution in [2.24, 2.45) is 0 Å². The number of carbonyl (C=O) groups excluding carboxylic acids is 1. The molecule has 4 aromatic heterocycles.